The van der Waals surface area contributed by atoms with E-state index in [0.717, 1.165) is 49.2 Å². The van der Waals surface area contributed by atoms with Gasteiger partial charge < -0.3 is 10.2 Å². The first kappa shape index (κ1) is 15.5. The molecule has 5 nitrogen and oxygen atoms in total. The summed E-state index contributed by atoms with van der Waals surface area (Å²) in [6.45, 7) is 4.59. The van der Waals surface area contributed by atoms with Gasteiger partial charge in [0.25, 0.3) is 0 Å². The summed E-state index contributed by atoms with van der Waals surface area (Å²) in [6.07, 6.45) is 0. The topological polar surface area (TPSA) is 47.9 Å². The maximum absolute atomic E-state index is 12.8. The van der Waals surface area contributed by atoms with Crippen LogP contribution >= 0.6 is 11.8 Å². The van der Waals surface area contributed by atoms with E-state index in [9.17, 15) is 4.79 Å². The maximum atomic E-state index is 12.8. The molecule has 2 heterocycles. The molecular formula is C16H22N4OS. The molecule has 3 rings (SSSR count). The quantitative estimate of drug-likeness (QED) is 0.910. The number of nitrogens with one attached hydrogen (secondary N) is 1. The molecule has 1 N–H and O–H groups in total. The highest BCUT2D eigenvalue weighted by Gasteiger charge is 2.30. The first-order valence-electron chi connectivity index (χ1n) is 7.70. The highest BCUT2D eigenvalue weighted by molar-refractivity contribution is 8.14. The minimum absolute atomic E-state index is 0.0314. The minimum atomic E-state index is -0.237. The van der Waals surface area contributed by atoms with Crippen molar-refractivity contribution in [3.8, 4) is 0 Å². The largest absolute Gasteiger partial charge is 0.304 e. The SMILES string of the molecule is CN1CCN([C@H](C(=O)NC2=NCCS2)c2ccccc2)CC1. The Morgan fingerprint density at radius 2 is 1.95 bits per heavy atom. The molecule has 0 bridgehead atoms. The number of benzene rings is 1. The molecule has 0 unspecified atom stereocenters. The van der Waals surface area contributed by atoms with E-state index in [4.69, 9.17) is 0 Å². The number of hydrogen-bond acceptors (Lipinski definition) is 5. The van der Waals surface area contributed by atoms with E-state index < -0.39 is 0 Å². The number of amidine groups is 1. The van der Waals surface area contributed by atoms with Crippen molar-refractivity contribution < 1.29 is 4.79 Å². The monoisotopic (exact) mass is 318 g/mol. The number of carbonyl (C=O) groups excluding carboxylic acids is 1. The molecule has 1 aromatic carbocycles. The van der Waals surface area contributed by atoms with E-state index in [0.29, 0.717) is 0 Å². The first-order valence-corrected chi connectivity index (χ1v) is 8.68. The fourth-order valence-electron chi connectivity index (χ4n) is 2.83. The molecule has 6 heteroatoms. The lowest BCUT2D eigenvalue weighted by molar-refractivity contribution is -0.125. The molecule has 2 aliphatic heterocycles. The summed E-state index contributed by atoms with van der Waals surface area (Å²) in [6, 6.07) is 9.80. The normalized spacial score (nSPS) is 21.4. The van der Waals surface area contributed by atoms with Gasteiger partial charge in [-0.1, -0.05) is 42.1 Å². The Bertz CT molecular complexity index is 540. The molecule has 0 aliphatic carbocycles. The van der Waals surface area contributed by atoms with E-state index in [1.165, 1.54) is 0 Å². The van der Waals surface area contributed by atoms with Crippen molar-refractivity contribution in [1.82, 2.24) is 15.1 Å². The summed E-state index contributed by atoms with van der Waals surface area (Å²) in [7, 11) is 2.12. The van der Waals surface area contributed by atoms with Crippen molar-refractivity contribution >= 4 is 22.8 Å². The zero-order chi connectivity index (χ0) is 15.4. The van der Waals surface area contributed by atoms with Gasteiger partial charge in [0.2, 0.25) is 5.91 Å². The number of nitrogens with zero attached hydrogens (tertiary/aromatic N) is 3. The van der Waals surface area contributed by atoms with Crippen molar-refractivity contribution in [3.05, 3.63) is 35.9 Å². The Balaban J connectivity index is 1.78. The van der Waals surface area contributed by atoms with Crippen LogP contribution < -0.4 is 5.32 Å². The number of amides is 1. The molecule has 1 aromatic rings. The number of rotatable bonds is 3. The lowest BCUT2D eigenvalue weighted by Gasteiger charge is -2.37. The second-order valence-electron chi connectivity index (χ2n) is 5.68. The van der Waals surface area contributed by atoms with E-state index in [1.807, 2.05) is 30.3 Å². The molecule has 0 aromatic heterocycles. The summed E-state index contributed by atoms with van der Waals surface area (Å²) < 4.78 is 0. The summed E-state index contributed by atoms with van der Waals surface area (Å²) in [5.41, 5.74) is 1.05. The standard InChI is InChI=1S/C16H22N4OS/c1-19-8-10-20(11-9-19)14(13-5-3-2-4-6-13)15(21)18-16-17-7-12-22-16/h2-6,14H,7-12H2,1H3,(H,17,18,21)/t14-/m0/s1. The molecule has 1 atom stereocenters. The lowest BCUT2D eigenvalue weighted by Crippen LogP contribution is -2.50. The highest BCUT2D eigenvalue weighted by atomic mass is 32.2. The van der Waals surface area contributed by atoms with Crippen molar-refractivity contribution in [1.29, 1.82) is 0 Å². The van der Waals surface area contributed by atoms with Crippen molar-refractivity contribution in [2.24, 2.45) is 4.99 Å². The molecule has 0 radical (unpaired) electrons. The summed E-state index contributed by atoms with van der Waals surface area (Å²) in [5.74, 6) is 0.990. The van der Waals surface area contributed by atoms with Crippen LogP contribution in [0.1, 0.15) is 11.6 Å². The lowest BCUT2D eigenvalue weighted by atomic mass is 10.0. The Morgan fingerprint density at radius 1 is 1.23 bits per heavy atom. The molecule has 2 aliphatic rings. The first-order chi connectivity index (χ1) is 10.7. The van der Waals surface area contributed by atoms with Crippen LogP contribution in [-0.2, 0) is 4.79 Å². The third-order valence-electron chi connectivity index (χ3n) is 4.08. The van der Waals surface area contributed by atoms with Crippen LogP contribution in [0.3, 0.4) is 0 Å². The van der Waals surface area contributed by atoms with Crippen molar-refractivity contribution in [2.45, 2.75) is 6.04 Å². The van der Waals surface area contributed by atoms with Crippen molar-refractivity contribution in [3.63, 3.8) is 0 Å². The van der Waals surface area contributed by atoms with E-state index in [1.54, 1.807) is 11.8 Å². The number of likely N-dealkylation sites (N-methyl/N-ethyl adjacent to an activating group) is 1. The fraction of sp³-hybridized carbons (Fsp3) is 0.500. The number of aliphatic imine (C=N–C) groups is 1. The van der Waals surface area contributed by atoms with Gasteiger partial charge in [0.15, 0.2) is 5.17 Å². The fourth-order valence-corrected chi connectivity index (χ4v) is 3.56. The van der Waals surface area contributed by atoms with Gasteiger partial charge in [-0.15, -0.1) is 0 Å². The minimum Gasteiger partial charge on any atom is -0.304 e. The van der Waals surface area contributed by atoms with Crippen LogP contribution in [-0.4, -0.2) is 66.4 Å². The predicted octanol–water partition coefficient (Wildman–Crippen LogP) is 1.19. The van der Waals surface area contributed by atoms with E-state index >= 15 is 0 Å². The van der Waals surface area contributed by atoms with E-state index in [-0.39, 0.29) is 11.9 Å². The zero-order valence-corrected chi connectivity index (χ0v) is 13.7. The Kier molecular flexibility index (Phi) is 5.12. The smallest absolute Gasteiger partial charge is 0.247 e. The molecule has 1 saturated heterocycles. The molecule has 22 heavy (non-hydrogen) atoms. The van der Waals surface area contributed by atoms with Gasteiger partial charge in [-0.25, -0.2) is 0 Å². The van der Waals surface area contributed by atoms with Crippen LogP contribution in [0.4, 0.5) is 0 Å². The van der Waals surface area contributed by atoms with Crippen LogP contribution in [0.2, 0.25) is 0 Å². The average Bonchev–Trinajstić information content (AvgIpc) is 3.03. The van der Waals surface area contributed by atoms with Crippen molar-refractivity contribution in [2.75, 3.05) is 45.5 Å². The maximum Gasteiger partial charge on any atom is 0.247 e. The predicted molar refractivity (Wildman–Crippen MR) is 91.2 cm³/mol. The highest BCUT2D eigenvalue weighted by Crippen LogP contribution is 2.23. The molecule has 118 valence electrons. The van der Waals surface area contributed by atoms with Crippen LogP contribution in [0.25, 0.3) is 0 Å². The summed E-state index contributed by atoms with van der Waals surface area (Å²) in [4.78, 5) is 21.7. The molecular weight excluding hydrogens is 296 g/mol. The average molecular weight is 318 g/mol. The zero-order valence-electron chi connectivity index (χ0n) is 12.9. The third kappa shape index (κ3) is 3.69. The molecule has 1 fully saturated rings. The second-order valence-corrected chi connectivity index (χ2v) is 6.76. The van der Waals surface area contributed by atoms with Gasteiger partial charge in [-0.2, -0.15) is 0 Å². The molecule has 0 saturated carbocycles. The summed E-state index contributed by atoms with van der Waals surface area (Å²) >= 11 is 1.62. The Hall–Kier alpha value is -1.37. The van der Waals surface area contributed by atoms with Gasteiger partial charge in [-0.3, -0.25) is 14.7 Å². The summed E-state index contributed by atoms with van der Waals surface area (Å²) in [5, 5.41) is 3.77. The van der Waals surface area contributed by atoms with Gasteiger partial charge in [0, 0.05) is 31.9 Å². The van der Waals surface area contributed by atoms with Gasteiger partial charge in [-0.05, 0) is 12.6 Å². The van der Waals surface area contributed by atoms with Gasteiger partial charge in [0.1, 0.15) is 6.04 Å². The number of piperazine rings is 1. The Labute approximate surface area is 135 Å². The van der Waals surface area contributed by atoms with E-state index in [2.05, 4.69) is 27.2 Å². The second kappa shape index (κ2) is 7.26. The van der Waals surface area contributed by atoms with Crippen LogP contribution in [0.15, 0.2) is 35.3 Å². The Morgan fingerprint density at radius 3 is 2.59 bits per heavy atom. The molecule has 0 spiro atoms. The number of thioether (sulfide) groups is 1. The third-order valence-corrected chi connectivity index (χ3v) is 4.97. The number of hydrogen-bond donors (Lipinski definition) is 1. The van der Waals surface area contributed by atoms with Gasteiger partial charge in [0.05, 0.1) is 6.54 Å². The number of carbonyl (C=O) groups is 1. The van der Waals surface area contributed by atoms with Crippen LogP contribution in [0, 0.1) is 0 Å². The van der Waals surface area contributed by atoms with Crippen LogP contribution in [0.5, 0.6) is 0 Å². The molecule has 1 amide bonds. The van der Waals surface area contributed by atoms with Gasteiger partial charge >= 0.3 is 0 Å².